The fourth-order valence-corrected chi connectivity index (χ4v) is 3.11. The van der Waals surface area contributed by atoms with Crippen LogP contribution in [0.2, 0.25) is 0 Å². The molecule has 0 saturated carbocycles. The second kappa shape index (κ2) is 5.74. The van der Waals surface area contributed by atoms with Gasteiger partial charge < -0.3 is 0 Å². The van der Waals surface area contributed by atoms with Crippen molar-refractivity contribution in [2.45, 2.75) is 25.7 Å². The lowest BCUT2D eigenvalue weighted by atomic mass is 10.1. The molecule has 2 rings (SSSR count). The highest BCUT2D eigenvalue weighted by Crippen LogP contribution is 2.26. The van der Waals surface area contributed by atoms with Gasteiger partial charge in [0.15, 0.2) is 0 Å². The summed E-state index contributed by atoms with van der Waals surface area (Å²) in [6.07, 6.45) is 0. The summed E-state index contributed by atoms with van der Waals surface area (Å²) < 4.78 is 27.6. The third-order valence-corrected chi connectivity index (χ3v) is 4.59. The molecule has 4 heteroatoms. The molecule has 0 spiro atoms. The number of aryl methyl sites for hydroxylation is 2. The summed E-state index contributed by atoms with van der Waals surface area (Å²) in [5.74, 6) is 0. The first-order valence-corrected chi connectivity index (χ1v) is 8.14. The number of hydrogen-bond donors (Lipinski definition) is 1. The fraction of sp³-hybridized carbons (Fsp3) is 0.176. The van der Waals surface area contributed by atoms with Crippen molar-refractivity contribution in [3.63, 3.8) is 0 Å². The number of rotatable bonds is 4. The molecule has 110 valence electrons. The number of anilines is 1. The largest absolute Gasteiger partial charge is 0.279 e. The van der Waals surface area contributed by atoms with Gasteiger partial charge in [-0.15, -0.1) is 0 Å². The van der Waals surface area contributed by atoms with E-state index in [0.717, 1.165) is 22.3 Å². The molecule has 2 aromatic carbocycles. The van der Waals surface area contributed by atoms with Gasteiger partial charge in [-0.25, -0.2) is 8.42 Å². The number of sulfonamides is 1. The Morgan fingerprint density at radius 1 is 1.00 bits per heavy atom. The standard InChI is InChI=1S/C17H19NO2S/c1-12(2)16-10-7-14(4)11-17(16)18-21(19,20)15-8-5-13(3)6-9-15/h5-11,18H,1H2,2-4H3. The average Bonchev–Trinajstić information content (AvgIpc) is 2.38. The Hall–Kier alpha value is -2.07. The van der Waals surface area contributed by atoms with Crippen molar-refractivity contribution in [1.82, 2.24) is 0 Å². The van der Waals surface area contributed by atoms with Gasteiger partial charge in [0, 0.05) is 5.56 Å². The van der Waals surface area contributed by atoms with Gasteiger partial charge in [-0.2, -0.15) is 0 Å². The molecule has 0 amide bonds. The first-order valence-electron chi connectivity index (χ1n) is 6.65. The fourth-order valence-electron chi connectivity index (χ4n) is 2.04. The Bertz CT molecular complexity index is 775. The number of hydrogen-bond acceptors (Lipinski definition) is 2. The van der Waals surface area contributed by atoms with E-state index < -0.39 is 10.0 Å². The van der Waals surface area contributed by atoms with E-state index in [2.05, 4.69) is 11.3 Å². The molecule has 0 fully saturated rings. The molecule has 21 heavy (non-hydrogen) atoms. The maximum Gasteiger partial charge on any atom is 0.261 e. The summed E-state index contributed by atoms with van der Waals surface area (Å²) in [7, 11) is -3.59. The molecule has 0 aliphatic heterocycles. The monoisotopic (exact) mass is 301 g/mol. The van der Waals surface area contributed by atoms with E-state index in [4.69, 9.17) is 0 Å². The molecule has 3 nitrogen and oxygen atoms in total. The number of benzene rings is 2. The van der Waals surface area contributed by atoms with Gasteiger partial charge >= 0.3 is 0 Å². The summed E-state index contributed by atoms with van der Waals surface area (Å²) in [4.78, 5) is 0.252. The van der Waals surface area contributed by atoms with Crippen molar-refractivity contribution in [2.24, 2.45) is 0 Å². The van der Waals surface area contributed by atoms with E-state index >= 15 is 0 Å². The zero-order valence-electron chi connectivity index (χ0n) is 12.5. The predicted molar refractivity (Wildman–Crippen MR) is 87.9 cm³/mol. The van der Waals surface area contributed by atoms with E-state index in [9.17, 15) is 8.42 Å². The van der Waals surface area contributed by atoms with E-state index in [1.165, 1.54) is 0 Å². The molecule has 0 bridgehead atoms. The molecule has 0 aliphatic rings. The van der Waals surface area contributed by atoms with Crippen LogP contribution in [0.3, 0.4) is 0 Å². The molecule has 0 heterocycles. The SMILES string of the molecule is C=C(C)c1ccc(C)cc1NS(=O)(=O)c1ccc(C)cc1. The molecular formula is C17H19NO2S. The topological polar surface area (TPSA) is 46.2 Å². The van der Waals surface area contributed by atoms with Crippen LogP contribution >= 0.6 is 0 Å². The molecule has 2 aromatic rings. The van der Waals surface area contributed by atoms with Crippen molar-refractivity contribution in [2.75, 3.05) is 4.72 Å². The zero-order valence-corrected chi connectivity index (χ0v) is 13.3. The Morgan fingerprint density at radius 2 is 1.57 bits per heavy atom. The number of allylic oxidation sites excluding steroid dienone is 1. The molecule has 0 unspecified atom stereocenters. The van der Waals surface area contributed by atoms with Gasteiger partial charge in [-0.3, -0.25) is 4.72 Å². The Labute approximate surface area is 126 Å². The average molecular weight is 301 g/mol. The Balaban J connectivity index is 2.43. The van der Waals surface area contributed by atoms with E-state index in [1.54, 1.807) is 24.3 Å². The molecule has 0 aromatic heterocycles. The molecular weight excluding hydrogens is 282 g/mol. The van der Waals surface area contributed by atoms with E-state index in [0.29, 0.717) is 5.69 Å². The predicted octanol–water partition coefficient (Wildman–Crippen LogP) is 4.14. The second-order valence-corrected chi connectivity index (χ2v) is 6.93. The minimum absolute atomic E-state index is 0.252. The smallest absolute Gasteiger partial charge is 0.261 e. The van der Waals surface area contributed by atoms with Crippen LogP contribution in [0.15, 0.2) is 53.9 Å². The minimum Gasteiger partial charge on any atom is -0.279 e. The van der Waals surface area contributed by atoms with Crippen molar-refractivity contribution < 1.29 is 8.42 Å². The maximum absolute atomic E-state index is 12.5. The van der Waals surface area contributed by atoms with Crippen LogP contribution in [0.5, 0.6) is 0 Å². The third-order valence-electron chi connectivity index (χ3n) is 3.21. The summed E-state index contributed by atoms with van der Waals surface area (Å²) in [6.45, 7) is 9.59. The van der Waals surface area contributed by atoms with Crippen LogP contribution in [0, 0.1) is 13.8 Å². The zero-order chi connectivity index (χ0) is 15.6. The van der Waals surface area contributed by atoms with Crippen LogP contribution in [-0.4, -0.2) is 8.42 Å². The molecule has 0 aliphatic carbocycles. The van der Waals surface area contributed by atoms with Crippen LogP contribution in [0.4, 0.5) is 5.69 Å². The molecule has 0 atom stereocenters. The second-order valence-electron chi connectivity index (χ2n) is 5.25. The summed E-state index contributed by atoms with van der Waals surface area (Å²) in [6, 6.07) is 12.4. The molecule has 0 saturated heterocycles. The van der Waals surface area contributed by atoms with Crippen LogP contribution in [0.1, 0.15) is 23.6 Å². The van der Waals surface area contributed by atoms with E-state index in [1.807, 2.05) is 39.0 Å². The van der Waals surface area contributed by atoms with Crippen LogP contribution in [-0.2, 0) is 10.0 Å². The lowest BCUT2D eigenvalue weighted by Gasteiger charge is -2.13. The first kappa shape index (κ1) is 15.3. The quantitative estimate of drug-likeness (QED) is 0.922. The summed E-state index contributed by atoms with van der Waals surface area (Å²) >= 11 is 0. The van der Waals surface area contributed by atoms with Crippen molar-refractivity contribution in [3.05, 3.63) is 65.7 Å². The van der Waals surface area contributed by atoms with Crippen molar-refractivity contribution >= 4 is 21.3 Å². The summed E-state index contributed by atoms with van der Waals surface area (Å²) in [5, 5.41) is 0. The highest BCUT2D eigenvalue weighted by molar-refractivity contribution is 7.92. The summed E-state index contributed by atoms with van der Waals surface area (Å²) in [5.41, 5.74) is 4.18. The Kier molecular flexibility index (Phi) is 4.19. The highest BCUT2D eigenvalue weighted by Gasteiger charge is 2.16. The van der Waals surface area contributed by atoms with Crippen molar-refractivity contribution in [3.8, 4) is 0 Å². The maximum atomic E-state index is 12.5. The molecule has 0 radical (unpaired) electrons. The highest BCUT2D eigenvalue weighted by atomic mass is 32.2. The van der Waals surface area contributed by atoms with Gasteiger partial charge in [-0.1, -0.05) is 36.4 Å². The van der Waals surface area contributed by atoms with Crippen LogP contribution in [0.25, 0.3) is 5.57 Å². The van der Waals surface area contributed by atoms with Gasteiger partial charge in [0.05, 0.1) is 10.6 Å². The minimum atomic E-state index is -3.59. The van der Waals surface area contributed by atoms with Gasteiger partial charge in [0.2, 0.25) is 0 Å². The third kappa shape index (κ3) is 3.52. The van der Waals surface area contributed by atoms with E-state index in [-0.39, 0.29) is 4.90 Å². The Morgan fingerprint density at radius 3 is 2.14 bits per heavy atom. The lowest BCUT2D eigenvalue weighted by Crippen LogP contribution is -2.14. The lowest BCUT2D eigenvalue weighted by molar-refractivity contribution is 0.601. The first-order chi connectivity index (χ1) is 9.79. The van der Waals surface area contributed by atoms with Crippen molar-refractivity contribution in [1.29, 1.82) is 0 Å². The van der Waals surface area contributed by atoms with Gasteiger partial charge in [0.25, 0.3) is 10.0 Å². The van der Waals surface area contributed by atoms with Gasteiger partial charge in [0.1, 0.15) is 0 Å². The van der Waals surface area contributed by atoms with Gasteiger partial charge in [-0.05, 0) is 50.1 Å². The van der Waals surface area contributed by atoms with Crippen LogP contribution < -0.4 is 4.72 Å². The molecule has 1 N–H and O–H groups in total. The number of nitrogens with one attached hydrogen (secondary N) is 1. The normalized spacial score (nSPS) is 11.2.